The Labute approximate surface area is 102 Å². The topological polar surface area (TPSA) is 85.9 Å². The monoisotopic (exact) mass is 269 g/mol. The number of nitrogens with zero attached hydrogens (tertiary/aromatic N) is 2. The van der Waals surface area contributed by atoms with E-state index in [1.807, 2.05) is 0 Å². The smallest absolute Gasteiger partial charge is 0.261 e. The molecule has 0 aromatic heterocycles. The van der Waals surface area contributed by atoms with Crippen molar-refractivity contribution in [3.05, 3.63) is 40.9 Å². The van der Waals surface area contributed by atoms with Crippen molar-refractivity contribution in [1.82, 2.24) is 0 Å². The van der Waals surface area contributed by atoms with Crippen LogP contribution in [0, 0.1) is 0 Å². The van der Waals surface area contributed by atoms with E-state index in [2.05, 4.69) is 5.11 Å². The molecule has 0 heterocycles. The highest BCUT2D eigenvalue weighted by atomic mass is 35.7. The molecule has 7 heteroatoms. The summed E-state index contributed by atoms with van der Waals surface area (Å²) in [5, 5.41) is 2.90. The third kappa shape index (κ3) is 2.01. The maximum absolute atomic E-state index is 11.8. The molecule has 0 aliphatic heterocycles. The minimum atomic E-state index is -3.92. The Kier molecular flexibility index (Phi) is 2.84. The second-order valence-electron chi connectivity index (χ2n) is 3.44. The summed E-state index contributed by atoms with van der Waals surface area (Å²) < 4.78 is 22.6. The number of fused-ring (bicyclic) bond motifs is 1. The van der Waals surface area contributed by atoms with Gasteiger partial charge in [-0.3, -0.25) is 4.79 Å². The molecule has 0 radical (unpaired) electrons. The van der Waals surface area contributed by atoms with Gasteiger partial charge in [-0.1, -0.05) is 24.3 Å². The highest BCUT2D eigenvalue weighted by Gasteiger charge is 2.26. The molecular formula is C10H6ClN2O3S-. The van der Waals surface area contributed by atoms with E-state index in [0.29, 0.717) is 0 Å². The van der Waals surface area contributed by atoms with Gasteiger partial charge in [0, 0.05) is 21.8 Å². The van der Waals surface area contributed by atoms with Gasteiger partial charge in [-0.2, -0.15) is 0 Å². The van der Waals surface area contributed by atoms with E-state index in [9.17, 15) is 13.2 Å². The van der Waals surface area contributed by atoms with Crippen LogP contribution in [0.1, 0.15) is 15.9 Å². The second kappa shape index (κ2) is 4.05. The van der Waals surface area contributed by atoms with Crippen molar-refractivity contribution in [1.29, 1.82) is 0 Å². The summed E-state index contributed by atoms with van der Waals surface area (Å²) in [4.78, 5) is 11.7. The van der Waals surface area contributed by atoms with Gasteiger partial charge in [-0.15, -0.1) is 0 Å². The van der Waals surface area contributed by atoms with Crippen LogP contribution in [0.4, 0.5) is 0 Å². The van der Waals surface area contributed by atoms with Crippen molar-refractivity contribution >= 4 is 31.6 Å². The highest BCUT2D eigenvalue weighted by molar-refractivity contribution is 8.13. The minimum Gasteiger partial charge on any atom is -0.711 e. The molecule has 1 aromatic carbocycles. The van der Waals surface area contributed by atoms with Crippen molar-refractivity contribution in [2.75, 3.05) is 0 Å². The Balaban J connectivity index is 2.71. The van der Waals surface area contributed by atoms with Gasteiger partial charge in [0.25, 0.3) is 9.05 Å². The summed E-state index contributed by atoms with van der Waals surface area (Å²) >= 11 is 0. The largest absolute Gasteiger partial charge is 0.711 e. The van der Waals surface area contributed by atoms with Crippen LogP contribution >= 0.6 is 10.7 Å². The van der Waals surface area contributed by atoms with Gasteiger partial charge in [-0.05, 0) is 6.07 Å². The number of hydrogen-bond acceptors (Lipinski definition) is 4. The summed E-state index contributed by atoms with van der Waals surface area (Å²) in [6.07, 6.45) is 2.73. The first kappa shape index (κ1) is 11.9. The zero-order valence-electron chi connectivity index (χ0n) is 8.37. The van der Waals surface area contributed by atoms with Crippen LogP contribution in [0.5, 0.6) is 0 Å². The fraction of sp³-hybridized carbons (Fsp3) is 0.100. The summed E-state index contributed by atoms with van der Waals surface area (Å²) in [6.45, 7) is 0. The van der Waals surface area contributed by atoms with Crippen molar-refractivity contribution in [3.8, 4) is 0 Å². The SMILES string of the molecule is [N-]=NC1C=Cc2c(cccc2S(=O)(=O)Cl)C1=O. The number of benzene rings is 1. The van der Waals surface area contributed by atoms with Crippen molar-refractivity contribution in [2.24, 2.45) is 5.11 Å². The van der Waals surface area contributed by atoms with Gasteiger partial charge in [-0.25, -0.2) is 8.42 Å². The third-order valence-electron chi connectivity index (χ3n) is 2.43. The lowest BCUT2D eigenvalue weighted by molar-refractivity contribution is 0.0976. The van der Waals surface area contributed by atoms with E-state index in [1.165, 1.54) is 30.4 Å². The number of rotatable bonds is 2. The summed E-state index contributed by atoms with van der Waals surface area (Å²) in [5.41, 5.74) is 9.03. The molecule has 1 aliphatic rings. The molecular weight excluding hydrogens is 264 g/mol. The number of halogens is 1. The molecule has 5 nitrogen and oxygen atoms in total. The molecule has 0 fully saturated rings. The van der Waals surface area contributed by atoms with E-state index < -0.39 is 20.9 Å². The summed E-state index contributed by atoms with van der Waals surface area (Å²) in [5.74, 6) is -0.466. The standard InChI is InChI=1S/C10H6ClN2O3S/c11-17(15,16)9-3-1-2-7-6(9)4-5-8(13-12)10(7)14/h1-5,8H/q-1. The average Bonchev–Trinajstić information content (AvgIpc) is 2.28. The van der Waals surface area contributed by atoms with Crippen LogP contribution in [0.15, 0.2) is 34.3 Å². The third-order valence-corrected chi connectivity index (χ3v) is 3.81. The molecule has 0 amide bonds. The second-order valence-corrected chi connectivity index (χ2v) is 5.97. The van der Waals surface area contributed by atoms with E-state index in [4.69, 9.17) is 16.2 Å². The summed E-state index contributed by atoms with van der Waals surface area (Å²) in [6, 6.07) is 3.20. The van der Waals surface area contributed by atoms with E-state index in [0.717, 1.165) is 0 Å². The Morgan fingerprint density at radius 2 is 2.06 bits per heavy atom. The molecule has 1 aliphatic carbocycles. The van der Waals surface area contributed by atoms with Crippen LogP contribution in [0.3, 0.4) is 0 Å². The minimum absolute atomic E-state index is 0.127. The average molecular weight is 270 g/mol. The lowest BCUT2D eigenvalue weighted by atomic mass is 9.93. The predicted octanol–water partition coefficient (Wildman–Crippen LogP) is 2.21. The fourth-order valence-corrected chi connectivity index (χ4v) is 2.75. The van der Waals surface area contributed by atoms with Crippen LogP contribution in [0.25, 0.3) is 11.6 Å². The Hall–Kier alpha value is -1.53. The highest BCUT2D eigenvalue weighted by Crippen LogP contribution is 2.29. The van der Waals surface area contributed by atoms with Gasteiger partial charge >= 0.3 is 0 Å². The van der Waals surface area contributed by atoms with Gasteiger partial charge in [0.1, 0.15) is 6.04 Å². The van der Waals surface area contributed by atoms with Crippen LogP contribution in [-0.4, -0.2) is 20.2 Å². The molecule has 0 saturated carbocycles. The van der Waals surface area contributed by atoms with Crippen LogP contribution in [-0.2, 0) is 9.05 Å². The number of carbonyl (C=O) groups excluding carboxylic acids is 1. The molecule has 0 spiro atoms. The van der Waals surface area contributed by atoms with E-state index in [-0.39, 0.29) is 16.0 Å². The zero-order chi connectivity index (χ0) is 12.6. The van der Waals surface area contributed by atoms with Gasteiger partial charge < -0.3 is 10.6 Å². The normalized spacial score (nSPS) is 18.9. The van der Waals surface area contributed by atoms with Gasteiger partial charge in [0.15, 0.2) is 5.78 Å². The number of ketones is 1. The van der Waals surface area contributed by atoms with Crippen molar-refractivity contribution in [3.63, 3.8) is 0 Å². The lowest BCUT2D eigenvalue weighted by Crippen LogP contribution is -2.20. The molecule has 0 saturated heterocycles. The zero-order valence-corrected chi connectivity index (χ0v) is 9.94. The predicted molar refractivity (Wildman–Crippen MR) is 62.4 cm³/mol. The number of hydrogen-bond donors (Lipinski definition) is 0. The summed E-state index contributed by atoms with van der Waals surface area (Å²) in [7, 11) is 1.35. The molecule has 1 unspecified atom stereocenters. The first-order valence-electron chi connectivity index (χ1n) is 4.59. The van der Waals surface area contributed by atoms with Crippen LogP contribution in [0.2, 0.25) is 0 Å². The number of Topliss-reactive ketones (excluding diaryl/α,β-unsaturated/α-hetero) is 1. The lowest BCUT2D eigenvalue weighted by Gasteiger charge is -2.18. The van der Waals surface area contributed by atoms with Gasteiger partial charge in [0.05, 0.1) is 4.90 Å². The van der Waals surface area contributed by atoms with E-state index >= 15 is 0 Å². The molecule has 17 heavy (non-hydrogen) atoms. The molecule has 0 N–H and O–H groups in total. The molecule has 0 bridgehead atoms. The number of carbonyl (C=O) groups is 1. The van der Waals surface area contributed by atoms with Crippen molar-refractivity contribution < 1.29 is 13.2 Å². The fourth-order valence-electron chi connectivity index (χ4n) is 1.67. The first-order chi connectivity index (χ1) is 7.95. The van der Waals surface area contributed by atoms with Gasteiger partial charge in [0.2, 0.25) is 0 Å². The maximum atomic E-state index is 11.8. The van der Waals surface area contributed by atoms with Crippen molar-refractivity contribution in [2.45, 2.75) is 10.9 Å². The Morgan fingerprint density at radius 1 is 1.35 bits per heavy atom. The Bertz CT molecular complexity index is 637. The molecule has 1 atom stereocenters. The molecule has 88 valence electrons. The van der Waals surface area contributed by atoms with Crippen LogP contribution < -0.4 is 0 Å². The molecule has 2 rings (SSSR count). The van der Waals surface area contributed by atoms with E-state index in [1.54, 1.807) is 0 Å². The Morgan fingerprint density at radius 3 is 2.65 bits per heavy atom. The molecule has 1 aromatic rings. The quantitative estimate of drug-likeness (QED) is 0.609. The maximum Gasteiger partial charge on any atom is 0.261 e. The first-order valence-corrected chi connectivity index (χ1v) is 6.90.